The van der Waals surface area contributed by atoms with Gasteiger partial charge in [0.15, 0.2) is 0 Å². The maximum atomic E-state index is 12.4. The molecule has 2 heterocycles. The molecule has 0 aliphatic carbocycles. The van der Waals surface area contributed by atoms with Crippen LogP contribution in [0.5, 0.6) is 5.75 Å². The minimum absolute atomic E-state index is 0.241. The number of carbonyl (C=O) groups is 2. The van der Waals surface area contributed by atoms with Crippen molar-refractivity contribution in [3.05, 3.63) is 57.1 Å². The van der Waals surface area contributed by atoms with Crippen molar-refractivity contribution in [2.24, 2.45) is 0 Å². The van der Waals surface area contributed by atoms with Crippen LogP contribution in [0.2, 0.25) is 0 Å². The third-order valence-corrected chi connectivity index (χ3v) is 5.59. The average molecular weight is 359 g/mol. The Labute approximate surface area is 149 Å². The van der Waals surface area contributed by atoms with Crippen molar-refractivity contribution in [1.82, 2.24) is 4.90 Å². The summed E-state index contributed by atoms with van der Waals surface area (Å²) in [5, 5.41) is -0.241. The van der Waals surface area contributed by atoms with Gasteiger partial charge in [-0.3, -0.25) is 14.5 Å². The molecule has 0 atom stereocenters. The van der Waals surface area contributed by atoms with Crippen molar-refractivity contribution in [3.8, 4) is 5.75 Å². The fourth-order valence-electron chi connectivity index (χ4n) is 2.26. The molecular weight excluding hydrogens is 342 g/mol. The zero-order valence-corrected chi connectivity index (χ0v) is 14.9. The highest BCUT2D eigenvalue weighted by Gasteiger charge is 2.34. The Morgan fingerprint density at radius 2 is 1.92 bits per heavy atom. The van der Waals surface area contributed by atoms with E-state index < -0.39 is 0 Å². The van der Waals surface area contributed by atoms with Crippen molar-refractivity contribution in [3.63, 3.8) is 0 Å². The first-order chi connectivity index (χ1) is 11.7. The van der Waals surface area contributed by atoms with Gasteiger partial charge in [-0.05, 0) is 48.5 Å². The van der Waals surface area contributed by atoms with Gasteiger partial charge in [-0.2, -0.15) is 0 Å². The molecule has 6 heteroatoms. The zero-order valence-electron chi connectivity index (χ0n) is 13.2. The van der Waals surface area contributed by atoms with Crippen LogP contribution in [0.15, 0.2) is 47.4 Å². The minimum atomic E-state index is -0.242. The third kappa shape index (κ3) is 3.88. The van der Waals surface area contributed by atoms with Gasteiger partial charge in [0.25, 0.3) is 11.1 Å². The molecule has 0 bridgehead atoms. The number of amides is 2. The first-order valence-corrected chi connectivity index (χ1v) is 9.32. The van der Waals surface area contributed by atoms with Crippen LogP contribution < -0.4 is 4.74 Å². The summed E-state index contributed by atoms with van der Waals surface area (Å²) in [7, 11) is 0. The largest absolute Gasteiger partial charge is 0.492 e. The summed E-state index contributed by atoms with van der Waals surface area (Å²) in [6, 6.07) is 13.4. The lowest BCUT2D eigenvalue weighted by Crippen LogP contribution is -2.32. The van der Waals surface area contributed by atoms with E-state index in [9.17, 15) is 9.59 Å². The highest BCUT2D eigenvalue weighted by molar-refractivity contribution is 8.18. The maximum Gasteiger partial charge on any atom is 0.293 e. The average Bonchev–Trinajstić information content (AvgIpc) is 3.15. The molecular formula is C18H17NO3S2. The predicted molar refractivity (Wildman–Crippen MR) is 98.3 cm³/mol. The van der Waals surface area contributed by atoms with Gasteiger partial charge in [0.1, 0.15) is 12.4 Å². The zero-order chi connectivity index (χ0) is 16.9. The number of nitrogens with zero attached hydrogens (tertiary/aromatic N) is 1. The van der Waals surface area contributed by atoms with Crippen LogP contribution in [0, 0.1) is 0 Å². The Morgan fingerprint density at radius 3 is 2.62 bits per heavy atom. The molecule has 3 rings (SSSR count). The fraction of sp³-hybridized carbons (Fsp3) is 0.222. The van der Waals surface area contributed by atoms with Gasteiger partial charge in [0, 0.05) is 9.75 Å². The smallest absolute Gasteiger partial charge is 0.293 e. The Kier molecular flexibility index (Phi) is 5.37. The number of ether oxygens (including phenoxy) is 1. The lowest BCUT2D eigenvalue weighted by molar-refractivity contribution is -0.123. The summed E-state index contributed by atoms with van der Waals surface area (Å²) in [6.07, 6.45) is 2.77. The number of carbonyl (C=O) groups excluding carboxylic acids is 2. The van der Waals surface area contributed by atoms with E-state index in [-0.39, 0.29) is 24.3 Å². The molecule has 4 nitrogen and oxygen atoms in total. The number of hydrogen-bond donors (Lipinski definition) is 0. The topological polar surface area (TPSA) is 46.6 Å². The Morgan fingerprint density at radius 1 is 1.12 bits per heavy atom. The number of imide groups is 1. The molecule has 0 N–H and O–H groups in total. The van der Waals surface area contributed by atoms with Gasteiger partial charge >= 0.3 is 0 Å². The van der Waals surface area contributed by atoms with Crippen LogP contribution in [-0.2, 0) is 11.2 Å². The van der Waals surface area contributed by atoms with Crippen molar-refractivity contribution in [2.45, 2.75) is 13.3 Å². The molecule has 1 saturated heterocycles. The van der Waals surface area contributed by atoms with Crippen LogP contribution in [-0.4, -0.2) is 29.2 Å². The summed E-state index contributed by atoms with van der Waals surface area (Å²) < 4.78 is 5.56. The molecule has 24 heavy (non-hydrogen) atoms. The summed E-state index contributed by atoms with van der Waals surface area (Å²) in [5.74, 6) is 0.485. The van der Waals surface area contributed by atoms with Crippen LogP contribution in [0.4, 0.5) is 4.79 Å². The van der Waals surface area contributed by atoms with Crippen molar-refractivity contribution in [1.29, 1.82) is 0 Å². The van der Waals surface area contributed by atoms with Gasteiger partial charge in [0.05, 0.1) is 11.4 Å². The Hall–Kier alpha value is -2.05. The molecule has 1 aliphatic rings. The van der Waals surface area contributed by atoms with E-state index in [1.54, 1.807) is 17.4 Å². The minimum Gasteiger partial charge on any atom is -0.492 e. The number of para-hydroxylation sites is 1. The Bertz CT molecular complexity index is 768. The second kappa shape index (κ2) is 7.68. The van der Waals surface area contributed by atoms with Gasteiger partial charge in [-0.1, -0.05) is 25.1 Å². The van der Waals surface area contributed by atoms with Crippen molar-refractivity contribution < 1.29 is 14.3 Å². The lowest BCUT2D eigenvalue weighted by atomic mass is 10.3. The van der Waals surface area contributed by atoms with E-state index in [1.165, 1.54) is 9.78 Å². The number of rotatable bonds is 6. The Balaban J connectivity index is 1.61. The van der Waals surface area contributed by atoms with E-state index >= 15 is 0 Å². The fourth-order valence-corrected chi connectivity index (χ4v) is 4.08. The highest BCUT2D eigenvalue weighted by Crippen LogP contribution is 2.33. The van der Waals surface area contributed by atoms with Crippen molar-refractivity contribution >= 4 is 40.3 Å². The maximum absolute atomic E-state index is 12.4. The summed E-state index contributed by atoms with van der Waals surface area (Å²) in [6.45, 7) is 2.63. The predicted octanol–water partition coefficient (Wildman–Crippen LogP) is 4.43. The molecule has 0 saturated carbocycles. The molecule has 1 aliphatic heterocycles. The first-order valence-electron chi connectivity index (χ1n) is 7.69. The molecule has 1 aromatic carbocycles. The standard InChI is InChI=1S/C18H17NO3S2/c1-2-14-8-9-15(23-14)12-16-17(20)19(18(21)24-16)10-11-22-13-6-4-3-5-7-13/h3-9,12H,2,10-11H2,1H3/b16-12-. The second-order valence-corrected chi connectivity index (χ2v) is 7.35. The highest BCUT2D eigenvalue weighted by atomic mass is 32.2. The molecule has 0 radical (unpaired) electrons. The van der Waals surface area contributed by atoms with Crippen LogP contribution in [0.25, 0.3) is 6.08 Å². The molecule has 0 spiro atoms. The van der Waals surface area contributed by atoms with E-state index in [1.807, 2.05) is 36.4 Å². The monoisotopic (exact) mass is 359 g/mol. The van der Waals surface area contributed by atoms with Gasteiger partial charge < -0.3 is 4.74 Å². The molecule has 0 unspecified atom stereocenters. The third-order valence-electron chi connectivity index (χ3n) is 3.50. The second-order valence-electron chi connectivity index (χ2n) is 5.15. The molecule has 124 valence electrons. The van der Waals surface area contributed by atoms with Gasteiger partial charge in [0.2, 0.25) is 0 Å². The molecule has 1 fully saturated rings. The summed E-state index contributed by atoms with van der Waals surface area (Å²) in [5.41, 5.74) is 0. The first kappa shape index (κ1) is 16.8. The van der Waals surface area contributed by atoms with Crippen molar-refractivity contribution in [2.75, 3.05) is 13.2 Å². The number of thiophene rings is 1. The molecule has 2 amide bonds. The van der Waals surface area contributed by atoms with Crippen LogP contribution in [0.1, 0.15) is 16.7 Å². The summed E-state index contributed by atoms with van der Waals surface area (Å²) >= 11 is 2.63. The van der Waals surface area contributed by atoms with E-state index in [4.69, 9.17) is 4.74 Å². The van der Waals surface area contributed by atoms with Gasteiger partial charge in [-0.15, -0.1) is 11.3 Å². The quantitative estimate of drug-likeness (QED) is 0.716. The molecule has 1 aromatic heterocycles. The van der Waals surface area contributed by atoms with Crippen LogP contribution in [0.3, 0.4) is 0 Å². The number of benzene rings is 1. The van der Waals surface area contributed by atoms with Crippen LogP contribution >= 0.6 is 23.1 Å². The summed E-state index contributed by atoms with van der Waals surface area (Å²) in [4.78, 5) is 28.4. The van der Waals surface area contributed by atoms with E-state index in [2.05, 4.69) is 13.0 Å². The van der Waals surface area contributed by atoms with E-state index in [0.717, 1.165) is 28.8 Å². The number of aryl methyl sites for hydroxylation is 1. The van der Waals surface area contributed by atoms with Gasteiger partial charge in [-0.25, -0.2) is 0 Å². The van der Waals surface area contributed by atoms with E-state index in [0.29, 0.717) is 4.91 Å². The number of hydrogen-bond acceptors (Lipinski definition) is 5. The molecule has 2 aromatic rings. The SMILES string of the molecule is CCc1ccc(/C=C2\SC(=O)N(CCOc3ccccc3)C2=O)s1. The lowest BCUT2D eigenvalue weighted by Gasteiger charge is -2.13. The number of thioether (sulfide) groups is 1. The normalized spacial score (nSPS) is 16.2.